The number of benzene rings is 3. The standard InChI is InChI=1S/C28H33N5O4/c1-2-3-18-37-25-15-8-7-14-24(25)32-28(36)27(35)31-23-13-9-12-22(19-23)29-17-16-26(34)33-30-20-21-10-5-4-6-11-21/h4-15,19,29-30H,2-3,16-18,20H2,1H3,(H,31,35)(H,32,36)(H,33,34). The summed E-state index contributed by atoms with van der Waals surface area (Å²) in [5.74, 6) is -1.24. The summed E-state index contributed by atoms with van der Waals surface area (Å²) >= 11 is 0. The molecule has 0 heterocycles. The van der Waals surface area contributed by atoms with Gasteiger partial charge in [-0.2, -0.15) is 0 Å². The van der Waals surface area contributed by atoms with Crippen molar-refractivity contribution in [2.45, 2.75) is 32.7 Å². The van der Waals surface area contributed by atoms with E-state index in [2.05, 4.69) is 33.7 Å². The predicted molar refractivity (Wildman–Crippen MR) is 145 cm³/mol. The molecule has 9 nitrogen and oxygen atoms in total. The largest absolute Gasteiger partial charge is 0.491 e. The van der Waals surface area contributed by atoms with Gasteiger partial charge in [0.25, 0.3) is 0 Å². The Labute approximate surface area is 217 Å². The molecule has 0 atom stereocenters. The zero-order valence-electron chi connectivity index (χ0n) is 20.9. The number of carbonyl (C=O) groups is 3. The number of para-hydroxylation sites is 2. The number of hydrogen-bond donors (Lipinski definition) is 5. The second-order valence-electron chi connectivity index (χ2n) is 8.25. The zero-order chi connectivity index (χ0) is 26.3. The Bertz CT molecular complexity index is 1170. The highest BCUT2D eigenvalue weighted by Gasteiger charge is 2.16. The topological polar surface area (TPSA) is 121 Å². The maximum atomic E-state index is 12.5. The fourth-order valence-corrected chi connectivity index (χ4v) is 3.32. The van der Waals surface area contributed by atoms with Gasteiger partial charge in [0.1, 0.15) is 5.75 Å². The van der Waals surface area contributed by atoms with Gasteiger partial charge in [0.15, 0.2) is 0 Å². The van der Waals surface area contributed by atoms with Gasteiger partial charge in [0, 0.05) is 30.9 Å². The van der Waals surface area contributed by atoms with Gasteiger partial charge in [-0.25, -0.2) is 5.43 Å². The van der Waals surface area contributed by atoms with Gasteiger partial charge < -0.3 is 20.7 Å². The molecule has 0 aliphatic carbocycles. The van der Waals surface area contributed by atoms with Crippen LogP contribution in [0.5, 0.6) is 5.75 Å². The number of hydrogen-bond acceptors (Lipinski definition) is 6. The monoisotopic (exact) mass is 503 g/mol. The van der Waals surface area contributed by atoms with Crippen LogP contribution in [0.15, 0.2) is 78.9 Å². The van der Waals surface area contributed by atoms with Crippen LogP contribution in [0.1, 0.15) is 31.7 Å². The fourth-order valence-electron chi connectivity index (χ4n) is 3.32. The van der Waals surface area contributed by atoms with E-state index in [4.69, 9.17) is 4.74 Å². The SMILES string of the molecule is CCCCOc1ccccc1NC(=O)C(=O)Nc1cccc(NCCC(=O)NNCc2ccccc2)c1. The second kappa shape index (κ2) is 14.9. The molecule has 3 aromatic carbocycles. The normalized spacial score (nSPS) is 10.3. The molecular formula is C28H33N5O4. The lowest BCUT2D eigenvalue weighted by atomic mass is 10.2. The summed E-state index contributed by atoms with van der Waals surface area (Å²) < 4.78 is 5.70. The first-order valence-corrected chi connectivity index (χ1v) is 12.3. The summed E-state index contributed by atoms with van der Waals surface area (Å²) in [7, 11) is 0. The van der Waals surface area contributed by atoms with Crippen molar-refractivity contribution in [1.29, 1.82) is 0 Å². The Kier molecular flexibility index (Phi) is 11.0. The molecule has 0 radical (unpaired) electrons. The van der Waals surface area contributed by atoms with Crippen LogP contribution in [0, 0.1) is 0 Å². The molecule has 194 valence electrons. The lowest BCUT2D eigenvalue weighted by Crippen LogP contribution is -2.37. The van der Waals surface area contributed by atoms with E-state index in [0.29, 0.717) is 42.5 Å². The zero-order valence-corrected chi connectivity index (χ0v) is 20.9. The van der Waals surface area contributed by atoms with Crippen LogP contribution in [0.4, 0.5) is 17.1 Å². The molecule has 0 saturated heterocycles. The molecule has 9 heteroatoms. The number of anilines is 3. The van der Waals surface area contributed by atoms with Gasteiger partial charge in [0.2, 0.25) is 5.91 Å². The molecule has 3 aromatic rings. The molecular weight excluding hydrogens is 470 g/mol. The minimum absolute atomic E-state index is 0.150. The summed E-state index contributed by atoms with van der Waals surface area (Å²) in [6.07, 6.45) is 2.13. The van der Waals surface area contributed by atoms with Crippen LogP contribution < -0.4 is 31.5 Å². The van der Waals surface area contributed by atoms with Gasteiger partial charge in [-0.05, 0) is 42.3 Å². The van der Waals surface area contributed by atoms with Crippen molar-refractivity contribution in [1.82, 2.24) is 10.9 Å². The second-order valence-corrected chi connectivity index (χ2v) is 8.25. The van der Waals surface area contributed by atoms with Gasteiger partial charge in [-0.15, -0.1) is 0 Å². The first-order valence-electron chi connectivity index (χ1n) is 12.3. The van der Waals surface area contributed by atoms with Gasteiger partial charge in [-0.3, -0.25) is 19.8 Å². The van der Waals surface area contributed by atoms with Crippen molar-refractivity contribution in [3.63, 3.8) is 0 Å². The van der Waals surface area contributed by atoms with Crippen LogP contribution in [0.3, 0.4) is 0 Å². The average Bonchev–Trinajstić information content (AvgIpc) is 2.90. The first kappa shape index (κ1) is 27.2. The smallest absolute Gasteiger partial charge is 0.314 e. The van der Waals surface area contributed by atoms with Crippen molar-refractivity contribution < 1.29 is 19.1 Å². The van der Waals surface area contributed by atoms with Crippen LogP contribution in [-0.2, 0) is 20.9 Å². The van der Waals surface area contributed by atoms with E-state index in [-0.39, 0.29) is 12.3 Å². The summed E-state index contributed by atoms with van der Waals surface area (Å²) in [5.41, 5.74) is 8.23. The number of ether oxygens (including phenoxy) is 1. The average molecular weight is 504 g/mol. The molecule has 0 aliphatic rings. The van der Waals surface area contributed by atoms with Gasteiger partial charge in [0.05, 0.1) is 12.3 Å². The highest BCUT2D eigenvalue weighted by atomic mass is 16.5. The van der Waals surface area contributed by atoms with Crippen molar-refractivity contribution >= 4 is 34.8 Å². The number of hydrazine groups is 1. The Morgan fingerprint density at radius 3 is 2.35 bits per heavy atom. The highest BCUT2D eigenvalue weighted by molar-refractivity contribution is 6.43. The van der Waals surface area contributed by atoms with Crippen LogP contribution in [0.2, 0.25) is 0 Å². The molecule has 0 spiro atoms. The Morgan fingerprint density at radius 2 is 1.54 bits per heavy atom. The van der Waals surface area contributed by atoms with Crippen molar-refractivity contribution in [3.8, 4) is 5.75 Å². The minimum atomic E-state index is -0.802. The molecule has 0 saturated carbocycles. The third kappa shape index (κ3) is 9.65. The van der Waals surface area contributed by atoms with Crippen LogP contribution >= 0.6 is 0 Å². The summed E-state index contributed by atoms with van der Waals surface area (Å²) in [5, 5.41) is 8.34. The number of amides is 3. The summed E-state index contributed by atoms with van der Waals surface area (Å²) in [4.78, 5) is 37.0. The van der Waals surface area contributed by atoms with E-state index in [9.17, 15) is 14.4 Å². The molecule has 0 fully saturated rings. The first-order chi connectivity index (χ1) is 18.0. The van der Waals surface area contributed by atoms with E-state index in [0.717, 1.165) is 18.4 Å². The number of rotatable bonds is 13. The fraction of sp³-hybridized carbons (Fsp3) is 0.250. The predicted octanol–water partition coefficient (Wildman–Crippen LogP) is 4.07. The van der Waals surface area contributed by atoms with E-state index in [1.54, 1.807) is 42.5 Å². The quantitative estimate of drug-likeness (QED) is 0.136. The lowest BCUT2D eigenvalue weighted by molar-refractivity contribution is -0.133. The Balaban J connectivity index is 1.42. The summed E-state index contributed by atoms with van der Waals surface area (Å²) in [6.45, 7) is 3.52. The van der Waals surface area contributed by atoms with Gasteiger partial charge in [-0.1, -0.05) is 61.9 Å². The van der Waals surface area contributed by atoms with E-state index in [1.165, 1.54) is 0 Å². The van der Waals surface area contributed by atoms with E-state index < -0.39 is 11.8 Å². The summed E-state index contributed by atoms with van der Waals surface area (Å²) in [6, 6.07) is 23.7. The molecule has 5 N–H and O–H groups in total. The molecule has 0 aliphatic heterocycles. The van der Waals surface area contributed by atoms with Gasteiger partial charge >= 0.3 is 11.8 Å². The van der Waals surface area contributed by atoms with Crippen molar-refractivity contribution in [3.05, 3.63) is 84.4 Å². The third-order valence-corrected chi connectivity index (χ3v) is 5.26. The third-order valence-electron chi connectivity index (χ3n) is 5.26. The van der Waals surface area contributed by atoms with E-state index >= 15 is 0 Å². The Hall–Kier alpha value is -4.37. The van der Waals surface area contributed by atoms with Crippen LogP contribution in [0.25, 0.3) is 0 Å². The number of unbranched alkanes of at least 4 members (excludes halogenated alkanes) is 1. The van der Waals surface area contributed by atoms with Crippen molar-refractivity contribution in [2.24, 2.45) is 0 Å². The van der Waals surface area contributed by atoms with Crippen molar-refractivity contribution in [2.75, 3.05) is 29.1 Å². The minimum Gasteiger partial charge on any atom is -0.491 e. The highest BCUT2D eigenvalue weighted by Crippen LogP contribution is 2.24. The molecule has 0 unspecified atom stereocenters. The lowest BCUT2D eigenvalue weighted by Gasteiger charge is -2.13. The maximum absolute atomic E-state index is 12.5. The molecule has 0 bridgehead atoms. The molecule has 3 rings (SSSR count). The molecule has 3 amide bonds. The number of nitrogens with one attached hydrogen (secondary N) is 5. The molecule has 37 heavy (non-hydrogen) atoms. The maximum Gasteiger partial charge on any atom is 0.314 e. The Morgan fingerprint density at radius 1 is 0.811 bits per heavy atom. The molecule has 0 aromatic heterocycles. The van der Waals surface area contributed by atoms with Crippen LogP contribution in [-0.4, -0.2) is 30.9 Å². The van der Waals surface area contributed by atoms with E-state index in [1.807, 2.05) is 36.4 Å². The number of carbonyl (C=O) groups excluding carboxylic acids is 3.